The van der Waals surface area contributed by atoms with Gasteiger partial charge in [0.1, 0.15) is 32.6 Å². The molecule has 652 valence electrons. The van der Waals surface area contributed by atoms with E-state index in [0.717, 1.165) is 87.5 Å². The van der Waals surface area contributed by atoms with Crippen LogP contribution in [-0.4, -0.2) is 154 Å². The Morgan fingerprint density at radius 1 is 0.406 bits per heavy atom. The van der Waals surface area contributed by atoms with E-state index in [4.69, 9.17) is 34.4 Å². The largest absolute Gasteiger partial charge is 0.398 e. The number of nitrogens with zero attached hydrogens (tertiary/aromatic N) is 18. The maximum Gasteiger partial charge on any atom is 0.288 e. The van der Waals surface area contributed by atoms with Gasteiger partial charge >= 0.3 is 0 Å². The number of hydrogen-bond donors (Lipinski definition) is 6. The predicted molar refractivity (Wildman–Crippen MR) is 502 cm³/mol. The van der Waals surface area contributed by atoms with Crippen molar-refractivity contribution in [2.75, 3.05) is 41.0 Å². The Balaban J connectivity index is 0.000000155. The number of nitrogen functional groups attached to an aromatic ring is 1. The van der Waals surface area contributed by atoms with Crippen LogP contribution in [0.25, 0.3) is 54.5 Å². The molecule has 0 aliphatic carbocycles. The van der Waals surface area contributed by atoms with E-state index in [0.29, 0.717) is 32.1 Å². The van der Waals surface area contributed by atoms with Gasteiger partial charge in [-0.25, -0.2) is 25.0 Å². The first-order valence-electron chi connectivity index (χ1n) is 39.9. The normalized spacial score (nSPS) is 19.8. The van der Waals surface area contributed by atoms with E-state index in [1.54, 1.807) is 109 Å². The van der Waals surface area contributed by atoms with Gasteiger partial charge in [0.2, 0.25) is 29.5 Å². The fraction of sp³-hybridized carbons (Fsp3) is 0.287. The highest BCUT2D eigenvalue weighted by Crippen LogP contribution is 2.48. The first-order chi connectivity index (χ1) is 60.6. The lowest BCUT2D eigenvalue weighted by molar-refractivity contribution is -0.383. The number of pyridine rings is 2. The van der Waals surface area contributed by atoms with Gasteiger partial charge in [0, 0.05) is 145 Å². The molecule has 0 saturated carbocycles. The Labute approximate surface area is 754 Å². The first kappa shape index (κ1) is 93.4. The highest BCUT2D eigenvalue weighted by molar-refractivity contribution is 7.16. The molecule has 12 N–H and O–H groups in total. The molecule has 5 aliphatic rings. The molecular formula is C94H96N24O7S3. The lowest BCUT2D eigenvalue weighted by Crippen LogP contribution is -2.48. The van der Waals surface area contributed by atoms with Crippen molar-refractivity contribution in [1.29, 1.82) is 5.26 Å². The van der Waals surface area contributed by atoms with Crippen LogP contribution in [0.3, 0.4) is 0 Å². The number of thiophene rings is 3. The van der Waals surface area contributed by atoms with Crippen molar-refractivity contribution in [3.05, 3.63) is 209 Å². The van der Waals surface area contributed by atoms with Gasteiger partial charge in [0.05, 0.1) is 82.0 Å². The zero-order chi connectivity index (χ0) is 93.2. The van der Waals surface area contributed by atoms with Crippen molar-refractivity contribution >= 4 is 105 Å². The number of benzene rings is 3. The summed E-state index contributed by atoms with van der Waals surface area (Å²) in [6.45, 7) is 18.2. The van der Waals surface area contributed by atoms with E-state index < -0.39 is 32.6 Å². The van der Waals surface area contributed by atoms with Crippen LogP contribution in [0.1, 0.15) is 161 Å². The Morgan fingerprint density at radius 2 is 0.805 bits per heavy atom. The summed E-state index contributed by atoms with van der Waals surface area (Å²) in [6.07, 6.45) is 7.73. The molecule has 0 spiro atoms. The molecule has 15 rings (SSSR count). The van der Waals surface area contributed by atoms with Crippen molar-refractivity contribution in [1.82, 2.24) is 54.0 Å². The second-order valence-electron chi connectivity index (χ2n) is 31.5. The zero-order valence-electron chi connectivity index (χ0n) is 73.9. The van der Waals surface area contributed by atoms with Gasteiger partial charge in [0.25, 0.3) is 5.69 Å². The summed E-state index contributed by atoms with van der Waals surface area (Å²) in [5.41, 5.74) is 45.9. The fourth-order valence-electron chi connectivity index (χ4n) is 14.5. The van der Waals surface area contributed by atoms with E-state index in [-0.39, 0.29) is 97.1 Å². The zero-order valence-corrected chi connectivity index (χ0v) is 76.4. The number of nitrogens with two attached hydrogens (primary N) is 6. The molecular weight excluding hydrogens is 1670 g/mol. The van der Waals surface area contributed by atoms with Crippen LogP contribution >= 0.6 is 34.0 Å². The van der Waals surface area contributed by atoms with Gasteiger partial charge in [-0.15, -0.1) is 63.6 Å². The Bertz CT molecular complexity index is 6540. The molecule has 0 fully saturated rings. The number of hydrogen-bond acceptors (Lipinski definition) is 26. The Morgan fingerprint density at radius 3 is 1.29 bits per heavy atom. The monoisotopic (exact) mass is 1770 g/mol. The summed E-state index contributed by atoms with van der Waals surface area (Å²) >= 11 is 4.25. The van der Waals surface area contributed by atoms with E-state index in [1.165, 1.54) is 64.6 Å². The second-order valence-corrected chi connectivity index (χ2v) is 34.5. The van der Waals surface area contributed by atoms with Crippen molar-refractivity contribution < 1.29 is 28.9 Å². The number of aromatic nitrogens is 6. The Kier molecular flexibility index (Phi) is 28.0. The average molecular weight is 1770 g/mol. The maximum absolute atomic E-state index is 12.2. The van der Waals surface area contributed by atoms with Gasteiger partial charge in [-0.2, -0.15) is 15.5 Å². The number of aliphatic imine (C=N–C) groups is 5. The molecule has 7 aromatic heterocycles. The van der Waals surface area contributed by atoms with Crippen molar-refractivity contribution in [2.24, 2.45) is 67.7 Å². The summed E-state index contributed by atoms with van der Waals surface area (Å²) < 4.78 is 3.57. The maximum atomic E-state index is 12.2. The molecule has 0 saturated heterocycles. The van der Waals surface area contributed by atoms with Gasteiger partial charge in [-0.05, 0) is 165 Å². The number of nitriles is 1. The molecule has 0 unspecified atom stereocenters. The summed E-state index contributed by atoms with van der Waals surface area (Å²) in [4.78, 5) is 114. The van der Waals surface area contributed by atoms with Gasteiger partial charge in [-0.1, -0.05) is 53.9 Å². The van der Waals surface area contributed by atoms with Crippen LogP contribution in [0.5, 0.6) is 0 Å². The van der Waals surface area contributed by atoms with Crippen LogP contribution in [0, 0.1) is 80.6 Å². The number of carbonyl (C=O) groups is 5. The molecule has 31 nitrogen and oxygen atoms in total. The number of carbonyl (C=O) groups excluding carboxylic acids is 5. The number of nitro groups is 1. The van der Waals surface area contributed by atoms with E-state index in [2.05, 4.69) is 110 Å². The minimum atomic E-state index is -0.949. The predicted octanol–water partition coefficient (Wildman–Crippen LogP) is 11.4. The van der Waals surface area contributed by atoms with Crippen LogP contribution in [0.15, 0.2) is 164 Å². The Hall–Kier alpha value is -15.3. The van der Waals surface area contributed by atoms with Crippen LogP contribution in [-0.2, 0) is 65.8 Å². The van der Waals surface area contributed by atoms with Crippen LogP contribution in [0.4, 0.5) is 11.4 Å². The van der Waals surface area contributed by atoms with Gasteiger partial charge in [-0.3, -0.25) is 77.9 Å². The molecule has 0 bridgehead atoms. The van der Waals surface area contributed by atoms with Crippen LogP contribution in [0.2, 0.25) is 0 Å². The summed E-state index contributed by atoms with van der Waals surface area (Å²) in [6, 6.07) is 36.6. The van der Waals surface area contributed by atoms with Crippen molar-refractivity contribution in [2.45, 2.75) is 129 Å². The van der Waals surface area contributed by atoms with Crippen molar-refractivity contribution in [3.8, 4) is 120 Å². The second kappa shape index (κ2) is 38.4. The smallest absolute Gasteiger partial charge is 0.288 e. The number of anilines is 1. The van der Waals surface area contributed by atoms with Gasteiger partial charge < -0.3 is 34.4 Å². The number of aryl methyl sites for hydroxylation is 2. The standard InChI is InChI=1S/C20H18N4OS.2C19H21N5O.C18H17N5O3S.C18H19N5OS/c1-4-5-13-6-14(11-21)8-15(7-13)16-9-17(26-12-16)20(2)10-18(25)24(3)19(22)23-20;1-5-7-13-8-6-9-14(10-13)15-11-16(22-24(15)4)19(2)12-17(25)23(3)18(20)21-19;1-5-7-13-8-6-9-14(10-13)15-11-16(24(4)22-15)19(2)12-17(25)23(3)18(20)21-19;1-4-5-11-6-12(10-20-9-11)16-13(23(25)26)7-14(27-16)18(2)8-15(24)22(3)17(19)21-18;1-4-5-11-6-12(10-21-9-11)16-13(19)7-14(25-16)18(2)8-15(24)23(3)17(20)22-18/h6-9,12H,10H2,1-3H3,(H2,22,23);2*6,8-11H,12H2,1-4H3,(H2,20,21);6-7,9-10H,8H2,1-3H3,(H2,19,21);6-7,9-10H,8,19H2,1-3H3,(H2,20,22)/t20-;2*19-;2*18-/m00000/s1. The third kappa shape index (κ3) is 20.5. The molecule has 10 aromatic rings. The first-order valence-corrected chi connectivity index (χ1v) is 42.4. The molecule has 34 heteroatoms. The third-order valence-electron chi connectivity index (χ3n) is 21.7. The molecule has 128 heavy (non-hydrogen) atoms. The molecule has 5 aliphatic heterocycles. The number of rotatable bonds is 11. The third-order valence-corrected chi connectivity index (χ3v) is 25.7. The lowest BCUT2D eigenvalue weighted by atomic mass is 9.91. The molecule has 5 atom stereocenters. The molecule has 5 amide bonds. The molecule has 12 heterocycles. The number of amides is 5. The summed E-state index contributed by atoms with van der Waals surface area (Å²) in [5, 5.41) is 32.1. The molecule has 3 aromatic carbocycles. The summed E-state index contributed by atoms with van der Waals surface area (Å²) in [7, 11) is 11.8. The van der Waals surface area contributed by atoms with Crippen LogP contribution < -0.4 is 34.4 Å². The molecule has 0 radical (unpaired) electrons. The quantitative estimate of drug-likeness (QED) is 0.0398. The number of guanidine groups is 5. The topological polar surface area (TPSA) is 448 Å². The minimum absolute atomic E-state index is 0.0538. The van der Waals surface area contributed by atoms with E-state index >= 15 is 0 Å². The van der Waals surface area contributed by atoms with E-state index in [9.17, 15) is 39.3 Å². The van der Waals surface area contributed by atoms with Gasteiger partial charge in [0.15, 0.2) is 29.8 Å². The fourth-order valence-corrected chi connectivity index (χ4v) is 17.8. The minimum Gasteiger partial charge on any atom is -0.398 e. The highest BCUT2D eigenvalue weighted by Gasteiger charge is 2.44. The summed E-state index contributed by atoms with van der Waals surface area (Å²) in [5.74, 6) is 29.9. The highest BCUT2D eigenvalue weighted by atomic mass is 32.1. The lowest BCUT2D eigenvalue weighted by Gasteiger charge is -2.33. The SMILES string of the molecule is CC#Cc1cc(C#N)cc(-c2csc([C@]3(C)CC(=O)N(C)C(N)=N3)c2)c1.CC#Cc1cccc(-c2cc([C@]3(C)CC(=O)N(C)C(N)=N3)n(C)n2)c1.CC#Cc1cccc(-c2cc([C@]3(C)CC(=O)N(C)C(N)=N3)nn2C)c1.CC#Cc1cncc(-c2sc([C@]3(C)CC(=O)N(C)C(N)=N3)cc2N)c1.CC#Cc1cncc(-c2sc([C@]3(C)CC(=O)N(C)C(N)=N3)cc2[N+](=O)[O-])c1. The van der Waals surface area contributed by atoms with E-state index in [1.807, 2.05) is 152 Å². The average Bonchev–Trinajstić information content (AvgIpc) is 1.60. The van der Waals surface area contributed by atoms with Crippen molar-refractivity contribution in [3.63, 3.8) is 0 Å².